The fraction of sp³-hybridized carbons (Fsp3) is 0.722. The van der Waals surface area contributed by atoms with Crippen molar-refractivity contribution in [2.45, 2.75) is 81.9 Å². The van der Waals surface area contributed by atoms with Gasteiger partial charge in [0.1, 0.15) is 0 Å². The van der Waals surface area contributed by atoms with Crippen LogP contribution in [-0.4, -0.2) is 54.2 Å². The van der Waals surface area contributed by atoms with E-state index in [2.05, 4.69) is 6.08 Å². The maximum Gasteiger partial charge on any atom is 0.217 e. The van der Waals surface area contributed by atoms with Crippen LogP contribution < -0.4 is 0 Å². The first-order valence-corrected chi connectivity index (χ1v) is 11.4. The van der Waals surface area contributed by atoms with Gasteiger partial charge >= 0.3 is 0 Å². The predicted molar refractivity (Wildman–Crippen MR) is 102 cm³/mol. The van der Waals surface area contributed by atoms with Gasteiger partial charge in [-0.3, -0.25) is 0 Å². The summed E-state index contributed by atoms with van der Waals surface area (Å²) in [7, 11) is -2.20. The van der Waals surface area contributed by atoms with Crippen LogP contribution in [0.4, 0.5) is 0 Å². The Hall–Kier alpha value is 0.600. The van der Waals surface area contributed by atoms with Crippen LogP contribution in [0.2, 0.25) is 0 Å². The Kier molecular flexibility index (Phi) is 8.59. The summed E-state index contributed by atoms with van der Waals surface area (Å²) in [5.41, 5.74) is 1.71. The Morgan fingerprint density at radius 1 is 0.870 bits per heavy atom. The number of rotatable bonds is 3. The van der Waals surface area contributed by atoms with E-state index in [9.17, 15) is 8.42 Å². The summed E-state index contributed by atoms with van der Waals surface area (Å²) in [4.78, 5) is 0.594. The molecule has 0 aromatic carbocycles. The van der Waals surface area contributed by atoms with Crippen molar-refractivity contribution in [1.82, 2.24) is 0 Å². The van der Waals surface area contributed by atoms with Crippen LogP contribution in [0.15, 0.2) is 23.5 Å². The van der Waals surface area contributed by atoms with E-state index < -0.39 is 10.3 Å². The molecule has 3 aliphatic rings. The summed E-state index contributed by atoms with van der Waals surface area (Å²) < 4.78 is 22.7. The molecule has 0 aromatic heterocycles. The molecular formula is C18H27NaO2PS. The fourth-order valence-electron chi connectivity index (χ4n) is 4.34. The Labute approximate surface area is 165 Å². The van der Waals surface area contributed by atoms with Gasteiger partial charge < -0.3 is 0 Å². The van der Waals surface area contributed by atoms with Crippen molar-refractivity contribution < 1.29 is 8.42 Å². The van der Waals surface area contributed by atoms with Crippen molar-refractivity contribution in [3.8, 4) is 0 Å². The van der Waals surface area contributed by atoms with Gasteiger partial charge in [-0.05, 0) is 48.4 Å². The fourth-order valence-corrected chi connectivity index (χ4v) is 8.90. The standard InChI is InChI=1S/C18H27O2PS.Na/c19-22(20)18-13-7-12-17(14-18)21(15-8-3-1-4-9-15)16-10-5-2-6-11-16;/h7,12-13,15-16H,1-6,8-11,14H2;. The molecule has 2 nitrogen and oxygen atoms in total. The molecule has 1 radical (unpaired) electrons. The summed E-state index contributed by atoms with van der Waals surface area (Å²) in [6.45, 7) is 0. The van der Waals surface area contributed by atoms with E-state index >= 15 is 0 Å². The molecule has 0 aromatic rings. The van der Waals surface area contributed by atoms with Crippen LogP contribution in [0.1, 0.15) is 70.6 Å². The predicted octanol–water partition coefficient (Wildman–Crippen LogP) is 4.65. The van der Waals surface area contributed by atoms with Gasteiger partial charge in [-0.2, -0.15) is 8.42 Å². The average molecular weight is 361 g/mol. The molecule has 0 atom stereocenters. The Balaban J connectivity index is 0.00000192. The van der Waals surface area contributed by atoms with Crippen molar-refractivity contribution in [3.63, 3.8) is 0 Å². The number of hydrogen-bond acceptors (Lipinski definition) is 2. The van der Waals surface area contributed by atoms with Crippen LogP contribution in [0, 0.1) is 0 Å². The molecule has 0 aliphatic heterocycles. The van der Waals surface area contributed by atoms with Crippen molar-refractivity contribution in [3.05, 3.63) is 23.5 Å². The van der Waals surface area contributed by atoms with Gasteiger partial charge in [-0.25, -0.2) is 0 Å². The molecule has 3 rings (SSSR count). The normalized spacial score (nSPS) is 23.5. The molecule has 5 heteroatoms. The van der Waals surface area contributed by atoms with Crippen LogP contribution in [0.25, 0.3) is 0 Å². The van der Waals surface area contributed by atoms with Crippen molar-refractivity contribution in [2.75, 3.05) is 0 Å². The van der Waals surface area contributed by atoms with E-state index in [4.69, 9.17) is 0 Å². The third-order valence-corrected chi connectivity index (χ3v) is 9.69. The average Bonchev–Trinajstić information content (AvgIpc) is 2.57. The smallest absolute Gasteiger partial charge is 0.184 e. The van der Waals surface area contributed by atoms with Crippen LogP contribution in [0.3, 0.4) is 0 Å². The molecule has 0 heterocycles. The molecule has 0 saturated heterocycles. The molecule has 0 spiro atoms. The van der Waals surface area contributed by atoms with Gasteiger partial charge in [0, 0.05) is 36.0 Å². The van der Waals surface area contributed by atoms with Crippen LogP contribution in [0.5, 0.6) is 0 Å². The van der Waals surface area contributed by atoms with E-state index in [1.165, 1.54) is 69.5 Å². The first-order chi connectivity index (χ1) is 10.8. The Morgan fingerprint density at radius 2 is 1.39 bits per heavy atom. The molecule has 0 amide bonds. The molecule has 123 valence electrons. The number of hydrogen-bond donors (Lipinski definition) is 0. The maximum atomic E-state index is 11.4. The zero-order valence-electron chi connectivity index (χ0n) is 14.3. The van der Waals surface area contributed by atoms with E-state index in [0.29, 0.717) is 11.3 Å². The largest absolute Gasteiger partial charge is 0.217 e. The van der Waals surface area contributed by atoms with Gasteiger partial charge in [0.05, 0.1) is 4.86 Å². The third-order valence-electron chi connectivity index (χ3n) is 5.41. The van der Waals surface area contributed by atoms with E-state index in [0.717, 1.165) is 11.3 Å². The first kappa shape index (κ1) is 19.9. The summed E-state index contributed by atoms with van der Waals surface area (Å²) in [5.74, 6) is 0. The van der Waals surface area contributed by atoms with Crippen molar-refractivity contribution >= 4 is 52.6 Å². The van der Waals surface area contributed by atoms with Gasteiger partial charge in [-0.1, -0.05) is 58.6 Å². The zero-order valence-corrected chi connectivity index (χ0v) is 18.0. The van der Waals surface area contributed by atoms with E-state index in [1.54, 1.807) is 6.08 Å². The molecule has 0 bridgehead atoms. The van der Waals surface area contributed by atoms with Gasteiger partial charge in [0.25, 0.3) is 0 Å². The number of allylic oxidation sites excluding steroid dienone is 4. The molecule has 0 unspecified atom stereocenters. The Bertz CT molecular complexity index is 556. The van der Waals surface area contributed by atoms with Gasteiger partial charge in [0.2, 0.25) is 10.3 Å². The van der Waals surface area contributed by atoms with Crippen molar-refractivity contribution in [1.29, 1.82) is 0 Å². The zero-order chi connectivity index (χ0) is 15.4. The maximum absolute atomic E-state index is 11.4. The molecule has 2 fully saturated rings. The molecule has 3 aliphatic carbocycles. The monoisotopic (exact) mass is 361 g/mol. The summed E-state index contributed by atoms with van der Waals surface area (Å²) >= 11 is 0. The van der Waals surface area contributed by atoms with Crippen molar-refractivity contribution in [2.24, 2.45) is 0 Å². The molecule has 2 saturated carbocycles. The topological polar surface area (TPSA) is 34.1 Å². The first-order valence-electron chi connectivity index (χ1n) is 8.86. The second-order valence-electron chi connectivity index (χ2n) is 6.89. The molecule has 23 heavy (non-hydrogen) atoms. The second-order valence-corrected chi connectivity index (χ2v) is 10.7. The SMILES string of the molecule is O=S(=O)=C1C=CC=C(P(C2CCCCC2)C2CCCCC2)C1.[Na]. The summed E-state index contributed by atoms with van der Waals surface area (Å²) in [6.07, 6.45) is 20.5. The summed E-state index contributed by atoms with van der Waals surface area (Å²) in [5, 5.41) is 1.47. The quantitative estimate of drug-likeness (QED) is 0.417. The van der Waals surface area contributed by atoms with Crippen LogP contribution >= 0.6 is 7.92 Å². The van der Waals surface area contributed by atoms with Gasteiger partial charge in [-0.15, -0.1) is 0 Å². The molecular weight excluding hydrogens is 334 g/mol. The minimum absolute atomic E-state index is 0. The van der Waals surface area contributed by atoms with Gasteiger partial charge in [0.15, 0.2) is 0 Å². The van der Waals surface area contributed by atoms with E-state index in [-0.39, 0.29) is 37.5 Å². The minimum Gasteiger partial charge on any atom is -0.184 e. The van der Waals surface area contributed by atoms with E-state index in [1.807, 2.05) is 6.08 Å². The summed E-state index contributed by atoms with van der Waals surface area (Å²) in [6, 6.07) is 0. The van der Waals surface area contributed by atoms with Crippen LogP contribution in [-0.2, 0) is 10.3 Å². The Morgan fingerprint density at radius 3 is 1.87 bits per heavy atom. The molecule has 0 N–H and O–H groups in total. The third kappa shape index (κ3) is 5.28. The minimum atomic E-state index is -2.05. The second kappa shape index (κ2) is 9.92.